The fourth-order valence-corrected chi connectivity index (χ4v) is 6.58. The van der Waals surface area contributed by atoms with Gasteiger partial charge >= 0.3 is 5.97 Å². The summed E-state index contributed by atoms with van der Waals surface area (Å²) in [5.41, 5.74) is 2.86. The highest BCUT2D eigenvalue weighted by atomic mass is 16.5. The molecular weight excluding hydrogens is 414 g/mol. The van der Waals surface area contributed by atoms with Gasteiger partial charge in [0.05, 0.1) is 11.8 Å². The molecule has 5 heteroatoms. The quantitative estimate of drug-likeness (QED) is 0.306. The van der Waals surface area contributed by atoms with Crippen LogP contribution in [0.5, 0.6) is 5.75 Å². The molecule has 2 amide bonds. The smallest absolute Gasteiger partial charge is 0.335 e. The molecule has 33 heavy (non-hydrogen) atoms. The van der Waals surface area contributed by atoms with Gasteiger partial charge in [-0.15, -0.1) is 0 Å². The van der Waals surface area contributed by atoms with Crippen LogP contribution in [0.3, 0.4) is 0 Å². The molecule has 2 aromatic rings. The van der Waals surface area contributed by atoms with Crippen molar-refractivity contribution in [3.8, 4) is 5.75 Å². The monoisotopic (exact) mass is 441 g/mol. The molecule has 0 N–H and O–H groups in total. The molecule has 7 atom stereocenters. The lowest BCUT2D eigenvalue weighted by Crippen LogP contribution is -2.48. The van der Waals surface area contributed by atoms with Gasteiger partial charge < -0.3 is 4.74 Å². The fraction of sp³-hybridized carbons (Fsp3) is 0.393. The van der Waals surface area contributed by atoms with Crippen molar-refractivity contribution in [3.05, 3.63) is 77.4 Å². The molecule has 5 aliphatic rings. The van der Waals surface area contributed by atoms with Crippen LogP contribution in [-0.2, 0) is 20.8 Å². The molecule has 0 radical (unpaired) electrons. The Labute approximate surface area is 193 Å². The van der Waals surface area contributed by atoms with E-state index in [2.05, 4.69) is 12.2 Å². The number of carbonyl (C=O) groups is 3. The van der Waals surface area contributed by atoms with E-state index in [1.165, 1.54) is 4.90 Å². The number of imide groups is 1. The molecule has 3 fully saturated rings. The number of hydrogen-bond acceptors (Lipinski definition) is 4. The number of benzene rings is 2. The topological polar surface area (TPSA) is 63.7 Å². The van der Waals surface area contributed by atoms with Gasteiger partial charge in [0.2, 0.25) is 11.8 Å². The van der Waals surface area contributed by atoms with Crippen LogP contribution in [0.2, 0.25) is 0 Å². The van der Waals surface area contributed by atoms with Crippen molar-refractivity contribution < 1.29 is 19.1 Å². The van der Waals surface area contributed by atoms with Crippen LogP contribution >= 0.6 is 0 Å². The summed E-state index contributed by atoms with van der Waals surface area (Å²) in [4.78, 5) is 42.1. The third-order valence-electron chi connectivity index (χ3n) is 7.97. The standard InChI is InChI=1S/C28H27NO4/c1-15-10-16(2)12-18(11-15)33-28(32)23(13-17-6-4-3-5-7-17)29-26(30)24-19-8-9-20(22-14-21(19)22)25(24)27(29)31/h3-12,19-25H,13-14H2,1-2H3/t19-,20-,21-,22+,23-,24+,25+/m0/s1. The Kier molecular flexibility index (Phi) is 4.58. The Bertz CT molecular complexity index is 1130. The molecule has 1 aliphatic heterocycles. The summed E-state index contributed by atoms with van der Waals surface area (Å²) in [7, 11) is 0. The molecule has 0 spiro atoms. The highest BCUT2D eigenvalue weighted by Gasteiger charge is 2.68. The molecule has 1 heterocycles. The largest absolute Gasteiger partial charge is 0.425 e. The van der Waals surface area contributed by atoms with Crippen LogP contribution in [0.4, 0.5) is 0 Å². The minimum atomic E-state index is -0.977. The van der Waals surface area contributed by atoms with Gasteiger partial charge in [-0.05, 0) is 72.8 Å². The van der Waals surface area contributed by atoms with Crippen LogP contribution in [0.15, 0.2) is 60.7 Å². The summed E-state index contributed by atoms with van der Waals surface area (Å²) in [6.45, 7) is 3.89. The van der Waals surface area contributed by atoms with Crippen LogP contribution < -0.4 is 4.74 Å². The van der Waals surface area contributed by atoms with Crippen molar-refractivity contribution in [1.29, 1.82) is 0 Å². The van der Waals surface area contributed by atoms with Gasteiger partial charge in [0.15, 0.2) is 0 Å². The number of likely N-dealkylation sites (tertiary alicyclic amines) is 1. The first kappa shape index (κ1) is 20.4. The zero-order chi connectivity index (χ0) is 22.9. The van der Waals surface area contributed by atoms with E-state index in [-0.39, 0.29) is 41.9 Å². The summed E-state index contributed by atoms with van der Waals surface area (Å²) >= 11 is 0. The molecule has 4 aliphatic carbocycles. The van der Waals surface area contributed by atoms with Gasteiger partial charge in [-0.3, -0.25) is 14.5 Å². The molecule has 0 unspecified atom stereocenters. The zero-order valence-electron chi connectivity index (χ0n) is 18.8. The second kappa shape index (κ2) is 7.41. The third kappa shape index (κ3) is 3.25. The van der Waals surface area contributed by atoms with Crippen molar-refractivity contribution in [2.45, 2.75) is 32.7 Å². The van der Waals surface area contributed by atoms with Gasteiger partial charge in [0.25, 0.3) is 0 Å². The number of amides is 2. The number of aryl methyl sites for hydroxylation is 2. The van der Waals surface area contributed by atoms with E-state index >= 15 is 0 Å². The zero-order valence-corrected chi connectivity index (χ0v) is 18.8. The van der Waals surface area contributed by atoms with Crippen LogP contribution in [0.1, 0.15) is 23.1 Å². The predicted molar refractivity (Wildman–Crippen MR) is 122 cm³/mol. The minimum absolute atomic E-state index is 0.124. The van der Waals surface area contributed by atoms with E-state index in [0.717, 1.165) is 23.1 Å². The number of carbonyl (C=O) groups excluding carboxylic acids is 3. The molecular formula is C28H27NO4. The maximum Gasteiger partial charge on any atom is 0.335 e. The maximum absolute atomic E-state index is 13.7. The summed E-state index contributed by atoms with van der Waals surface area (Å²) < 4.78 is 5.77. The first-order chi connectivity index (χ1) is 15.9. The average Bonchev–Trinajstić information content (AvgIpc) is 3.56. The van der Waals surface area contributed by atoms with Crippen molar-refractivity contribution in [2.75, 3.05) is 0 Å². The van der Waals surface area contributed by atoms with E-state index in [4.69, 9.17) is 4.74 Å². The summed E-state index contributed by atoms with van der Waals surface area (Å²) in [6.07, 6.45) is 5.65. The highest BCUT2D eigenvalue weighted by Crippen LogP contribution is 2.65. The Morgan fingerprint density at radius 1 is 0.939 bits per heavy atom. The van der Waals surface area contributed by atoms with Crippen molar-refractivity contribution in [1.82, 2.24) is 4.90 Å². The third-order valence-corrected chi connectivity index (χ3v) is 7.97. The molecule has 5 nitrogen and oxygen atoms in total. The Morgan fingerprint density at radius 2 is 1.52 bits per heavy atom. The SMILES string of the molecule is Cc1cc(C)cc(OC(=O)[C@H](Cc2ccccc2)N2C(=O)[C@@H]3[C@H]4C=C[C@@H]([C@@H]5C[C@H]45)[C@H]3C2=O)c1. The van der Waals surface area contributed by atoms with Gasteiger partial charge in [0.1, 0.15) is 11.8 Å². The Balaban J connectivity index is 1.34. The number of hydrogen-bond donors (Lipinski definition) is 0. The average molecular weight is 442 g/mol. The van der Waals surface area contributed by atoms with Gasteiger partial charge in [-0.25, -0.2) is 4.79 Å². The summed E-state index contributed by atoms with van der Waals surface area (Å²) in [6, 6.07) is 14.2. The van der Waals surface area contributed by atoms with Gasteiger partial charge in [0, 0.05) is 6.42 Å². The molecule has 2 saturated carbocycles. The first-order valence-electron chi connectivity index (χ1n) is 11.8. The van der Waals surface area contributed by atoms with Crippen LogP contribution in [0.25, 0.3) is 0 Å². The van der Waals surface area contributed by atoms with E-state index < -0.39 is 12.0 Å². The second-order valence-electron chi connectivity index (χ2n) is 10.2. The summed E-state index contributed by atoms with van der Waals surface area (Å²) in [5.74, 6) is 0.108. The number of rotatable bonds is 5. The molecule has 2 aromatic carbocycles. The highest BCUT2D eigenvalue weighted by molar-refractivity contribution is 6.09. The Hall–Kier alpha value is -3.21. The lowest BCUT2D eigenvalue weighted by atomic mass is 9.63. The van der Waals surface area contributed by atoms with E-state index in [1.807, 2.05) is 50.2 Å². The van der Waals surface area contributed by atoms with Gasteiger partial charge in [-0.1, -0.05) is 48.6 Å². The molecule has 1 saturated heterocycles. The number of allylic oxidation sites excluding steroid dienone is 2. The fourth-order valence-electron chi connectivity index (χ4n) is 6.58. The van der Waals surface area contributed by atoms with Crippen LogP contribution in [0, 0.1) is 49.4 Å². The number of esters is 1. The lowest BCUT2D eigenvalue weighted by Gasteiger charge is -2.37. The van der Waals surface area contributed by atoms with Crippen molar-refractivity contribution >= 4 is 17.8 Å². The predicted octanol–water partition coefficient (Wildman–Crippen LogP) is 3.87. The molecule has 7 rings (SSSR count). The number of nitrogens with zero attached hydrogens (tertiary/aromatic N) is 1. The maximum atomic E-state index is 13.7. The molecule has 2 bridgehead atoms. The second-order valence-corrected chi connectivity index (χ2v) is 10.2. The molecule has 0 aromatic heterocycles. The van der Waals surface area contributed by atoms with E-state index in [1.54, 1.807) is 12.1 Å². The summed E-state index contributed by atoms with van der Waals surface area (Å²) in [5, 5.41) is 0. The van der Waals surface area contributed by atoms with E-state index in [9.17, 15) is 14.4 Å². The number of ether oxygens (including phenoxy) is 1. The first-order valence-corrected chi connectivity index (χ1v) is 11.8. The normalized spacial score (nSPS) is 31.9. The minimum Gasteiger partial charge on any atom is -0.425 e. The molecule has 168 valence electrons. The Morgan fingerprint density at radius 3 is 2.09 bits per heavy atom. The lowest BCUT2D eigenvalue weighted by molar-refractivity contribution is -0.153. The van der Waals surface area contributed by atoms with Crippen molar-refractivity contribution in [3.63, 3.8) is 0 Å². The van der Waals surface area contributed by atoms with E-state index in [0.29, 0.717) is 17.6 Å². The van der Waals surface area contributed by atoms with Crippen molar-refractivity contribution in [2.24, 2.45) is 35.5 Å². The van der Waals surface area contributed by atoms with Gasteiger partial charge in [-0.2, -0.15) is 0 Å². The van der Waals surface area contributed by atoms with Crippen LogP contribution in [-0.4, -0.2) is 28.7 Å².